The number of halogens is 1. The van der Waals surface area contributed by atoms with Gasteiger partial charge in [0.1, 0.15) is 5.82 Å². The summed E-state index contributed by atoms with van der Waals surface area (Å²) in [6, 6.07) is 6.77. The zero-order valence-corrected chi connectivity index (χ0v) is 11.4. The van der Waals surface area contributed by atoms with Gasteiger partial charge in [0, 0.05) is 23.7 Å². The Morgan fingerprint density at radius 2 is 2.05 bits per heavy atom. The fourth-order valence-electron chi connectivity index (χ4n) is 1.75. The van der Waals surface area contributed by atoms with Gasteiger partial charge in [0.15, 0.2) is 0 Å². The number of amides is 1. The van der Waals surface area contributed by atoms with Crippen LogP contribution in [0.25, 0.3) is 0 Å². The molecule has 0 aliphatic rings. The molecule has 1 aromatic heterocycles. The van der Waals surface area contributed by atoms with E-state index in [1.165, 1.54) is 40.6 Å². The van der Waals surface area contributed by atoms with Crippen LogP contribution in [-0.4, -0.2) is 17.4 Å². The van der Waals surface area contributed by atoms with Crippen LogP contribution in [0, 0.1) is 15.9 Å². The van der Waals surface area contributed by atoms with Crippen molar-refractivity contribution in [3.63, 3.8) is 0 Å². The highest BCUT2D eigenvalue weighted by atomic mass is 32.1. The molecule has 1 amide bonds. The number of thiophene rings is 1. The topological polar surface area (TPSA) is 63.5 Å². The highest BCUT2D eigenvalue weighted by Gasteiger charge is 2.20. The molecule has 20 heavy (non-hydrogen) atoms. The Morgan fingerprint density at radius 1 is 1.40 bits per heavy atom. The second kappa shape index (κ2) is 5.79. The molecule has 7 heteroatoms. The van der Waals surface area contributed by atoms with Crippen molar-refractivity contribution in [1.82, 2.24) is 0 Å². The second-order valence-electron chi connectivity index (χ2n) is 3.96. The Kier molecular flexibility index (Phi) is 4.09. The van der Waals surface area contributed by atoms with E-state index in [9.17, 15) is 19.3 Å². The van der Waals surface area contributed by atoms with Gasteiger partial charge in [-0.25, -0.2) is 4.39 Å². The first-order valence-corrected chi connectivity index (χ1v) is 6.71. The fourth-order valence-corrected chi connectivity index (χ4v) is 2.45. The molecule has 0 aliphatic heterocycles. The molecular formula is C13H11FN2O3S. The minimum absolute atomic E-state index is 0.0801. The van der Waals surface area contributed by atoms with Gasteiger partial charge >= 0.3 is 5.00 Å². The first kappa shape index (κ1) is 14.1. The molecule has 5 nitrogen and oxygen atoms in total. The van der Waals surface area contributed by atoms with Gasteiger partial charge in [-0.3, -0.25) is 14.9 Å². The van der Waals surface area contributed by atoms with Gasteiger partial charge in [0.05, 0.1) is 10.5 Å². The number of carbonyl (C=O) groups is 1. The van der Waals surface area contributed by atoms with E-state index in [1.54, 1.807) is 6.92 Å². The first-order valence-electron chi connectivity index (χ1n) is 5.83. The summed E-state index contributed by atoms with van der Waals surface area (Å²) in [6.45, 7) is 2.16. The van der Waals surface area contributed by atoms with Gasteiger partial charge in [0.2, 0.25) is 0 Å². The van der Waals surface area contributed by atoms with E-state index < -0.39 is 4.92 Å². The van der Waals surface area contributed by atoms with Gasteiger partial charge in [-0.15, -0.1) is 0 Å². The number of nitro groups is 1. The number of nitrogens with zero attached hydrogens (tertiary/aromatic N) is 2. The van der Waals surface area contributed by atoms with Crippen molar-refractivity contribution in [2.45, 2.75) is 6.92 Å². The largest absolute Gasteiger partial charge is 0.324 e. The quantitative estimate of drug-likeness (QED) is 0.640. The molecule has 0 radical (unpaired) electrons. The summed E-state index contributed by atoms with van der Waals surface area (Å²) in [4.78, 5) is 23.9. The average molecular weight is 294 g/mol. The molecule has 0 unspecified atom stereocenters. The Balaban J connectivity index is 2.28. The zero-order chi connectivity index (χ0) is 14.7. The number of hydrogen-bond donors (Lipinski definition) is 0. The SMILES string of the molecule is CCN(C(=O)c1csc([N+](=O)[O-])c1)c1ccc(F)cc1. The lowest BCUT2D eigenvalue weighted by Crippen LogP contribution is -2.30. The third-order valence-corrected chi connectivity index (χ3v) is 3.59. The van der Waals surface area contributed by atoms with E-state index in [1.807, 2.05) is 0 Å². The molecule has 1 aromatic carbocycles. The molecule has 0 bridgehead atoms. The van der Waals surface area contributed by atoms with Gasteiger partial charge in [-0.1, -0.05) is 11.3 Å². The van der Waals surface area contributed by atoms with Gasteiger partial charge < -0.3 is 4.90 Å². The minimum Gasteiger partial charge on any atom is -0.309 e. The number of anilines is 1. The van der Waals surface area contributed by atoms with Gasteiger partial charge in [-0.2, -0.15) is 0 Å². The summed E-state index contributed by atoms with van der Waals surface area (Å²) in [7, 11) is 0. The molecule has 0 saturated carbocycles. The lowest BCUT2D eigenvalue weighted by Gasteiger charge is -2.20. The van der Waals surface area contributed by atoms with E-state index in [0.717, 1.165) is 11.3 Å². The van der Waals surface area contributed by atoms with Crippen molar-refractivity contribution < 1.29 is 14.1 Å². The van der Waals surface area contributed by atoms with Crippen LogP contribution in [0.5, 0.6) is 0 Å². The summed E-state index contributed by atoms with van der Waals surface area (Å²) in [5.41, 5.74) is 0.806. The van der Waals surface area contributed by atoms with Crippen LogP contribution in [0.1, 0.15) is 17.3 Å². The maximum atomic E-state index is 12.9. The molecule has 2 aromatic rings. The Labute approximate surface area is 118 Å². The molecule has 0 N–H and O–H groups in total. The van der Waals surface area contributed by atoms with E-state index in [-0.39, 0.29) is 22.3 Å². The van der Waals surface area contributed by atoms with Gasteiger partial charge in [0.25, 0.3) is 5.91 Å². The summed E-state index contributed by atoms with van der Waals surface area (Å²) in [6.07, 6.45) is 0. The van der Waals surface area contributed by atoms with Crippen molar-refractivity contribution in [3.05, 3.63) is 57.2 Å². The number of benzene rings is 1. The van der Waals surface area contributed by atoms with E-state index in [2.05, 4.69) is 0 Å². The minimum atomic E-state index is -0.532. The number of rotatable bonds is 4. The maximum Gasteiger partial charge on any atom is 0.324 e. The van der Waals surface area contributed by atoms with Gasteiger partial charge in [-0.05, 0) is 31.2 Å². The second-order valence-corrected chi connectivity index (χ2v) is 4.85. The highest BCUT2D eigenvalue weighted by molar-refractivity contribution is 7.13. The molecular weight excluding hydrogens is 283 g/mol. The third kappa shape index (κ3) is 2.83. The lowest BCUT2D eigenvalue weighted by atomic mass is 10.2. The Hall–Kier alpha value is -2.28. The zero-order valence-electron chi connectivity index (χ0n) is 10.6. The smallest absolute Gasteiger partial charge is 0.309 e. The average Bonchev–Trinajstić information content (AvgIpc) is 2.91. The van der Waals surface area contributed by atoms with Crippen molar-refractivity contribution in [2.24, 2.45) is 0 Å². The molecule has 0 aliphatic carbocycles. The van der Waals surface area contributed by atoms with Crippen LogP contribution in [0.2, 0.25) is 0 Å². The molecule has 0 atom stereocenters. The van der Waals surface area contributed by atoms with Crippen LogP contribution in [0.15, 0.2) is 35.7 Å². The van der Waals surface area contributed by atoms with E-state index in [4.69, 9.17) is 0 Å². The Bertz CT molecular complexity index is 639. The van der Waals surface area contributed by atoms with Crippen LogP contribution < -0.4 is 4.90 Å². The van der Waals surface area contributed by atoms with E-state index >= 15 is 0 Å². The van der Waals surface area contributed by atoms with Crippen LogP contribution in [0.3, 0.4) is 0 Å². The summed E-state index contributed by atoms with van der Waals surface area (Å²) in [5.74, 6) is -0.730. The van der Waals surface area contributed by atoms with Crippen molar-refractivity contribution in [3.8, 4) is 0 Å². The lowest BCUT2D eigenvalue weighted by molar-refractivity contribution is -0.380. The van der Waals surface area contributed by atoms with Crippen LogP contribution >= 0.6 is 11.3 Å². The summed E-state index contributed by atoms with van der Waals surface area (Å²) < 4.78 is 12.9. The maximum absolute atomic E-state index is 12.9. The standard InChI is InChI=1S/C13H11FN2O3S/c1-2-15(11-5-3-10(14)4-6-11)13(17)9-7-12(16(18)19)20-8-9/h3-8H,2H2,1H3. The molecule has 0 fully saturated rings. The third-order valence-electron chi connectivity index (χ3n) is 2.71. The summed E-state index contributed by atoms with van der Waals surface area (Å²) in [5, 5.41) is 12.0. The normalized spacial score (nSPS) is 10.3. The predicted octanol–water partition coefficient (Wildman–Crippen LogP) is 3.46. The molecule has 1 heterocycles. The van der Waals surface area contributed by atoms with Crippen molar-refractivity contribution in [2.75, 3.05) is 11.4 Å². The predicted molar refractivity (Wildman–Crippen MR) is 74.7 cm³/mol. The Morgan fingerprint density at radius 3 is 2.55 bits per heavy atom. The highest BCUT2D eigenvalue weighted by Crippen LogP contribution is 2.25. The fraction of sp³-hybridized carbons (Fsp3) is 0.154. The molecule has 104 valence electrons. The molecule has 0 spiro atoms. The monoisotopic (exact) mass is 294 g/mol. The molecule has 0 saturated heterocycles. The first-order chi connectivity index (χ1) is 9.52. The molecule has 2 rings (SSSR count). The van der Waals surface area contributed by atoms with Crippen LogP contribution in [0.4, 0.5) is 15.1 Å². The van der Waals surface area contributed by atoms with Crippen molar-refractivity contribution >= 4 is 27.9 Å². The van der Waals surface area contributed by atoms with Crippen LogP contribution in [-0.2, 0) is 0 Å². The van der Waals surface area contributed by atoms with E-state index in [0.29, 0.717) is 12.2 Å². The summed E-state index contributed by atoms with van der Waals surface area (Å²) >= 11 is 0.905. The number of hydrogen-bond acceptors (Lipinski definition) is 4. The van der Waals surface area contributed by atoms with Crippen molar-refractivity contribution in [1.29, 1.82) is 0 Å². The number of carbonyl (C=O) groups excluding carboxylic acids is 1.